The molecule has 1 heterocycles. The number of nitrogens with one attached hydrogen (secondary N) is 1. The van der Waals surface area contributed by atoms with Crippen molar-refractivity contribution in [2.24, 2.45) is 0 Å². The van der Waals surface area contributed by atoms with Crippen LogP contribution in [-0.4, -0.2) is 25.7 Å². The van der Waals surface area contributed by atoms with Crippen LogP contribution in [0.2, 0.25) is 10.0 Å². The maximum absolute atomic E-state index is 6.41. The first kappa shape index (κ1) is 14.0. The first-order valence-corrected chi connectivity index (χ1v) is 7.32. The lowest BCUT2D eigenvalue weighted by Crippen LogP contribution is -2.45. The molecule has 4 heteroatoms. The minimum atomic E-state index is 0.538. The molecule has 0 saturated carbocycles. The van der Waals surface area contributed by atoms with Crippen LogP contribution in [0.25, 0.3) is 0 Å². The van der Waals surface area contributed by atoms with E-state index in [1.807, 2.05) is 19.1 Å². The Bertz CT molecular complexity index is 419. The van der Waals surface area contributed by atoms with E-state index in [4.69, 9.17) is 23.2 Å². The van der Waals surface area contributed by atoms with Crippen LogP contribution < -0.4 is 10.2 Å². The van der Waals surface area contributed by atoms with Crippen molar-refractivity contribution in [2.75, 3.05) is 24.5 Å². The van der Waals surface area contributed by atoms with Crippen LogP contribution in [0, 0.1) is 6.92 Å². The van der Waals surface area contributed by atoms with E-state index in [2.05, 4.69) is 17.1 Å². The molecule has 2 rings (SSSR count). The minimum Gasteiger partial charge on any atom is -0.368 e. The number of aryl methyl sites for hydroxylation is 1. The first-order valence-electron chi connectivity index (χ1n) is 6.56. The van der Waals surface area contributed by atoms with E-state index < -0.39 is 0 Å². The lowest BCUT2D eigenvalue weighted by atomic mass is 10.0. The lowest BCUT2D eigenvalue weighted by molar-refractivity contribution is 0.431. The van der Waals surface area contributed by atoms with Crippen LogP contribution in [0.3, 0.4) is 0 Å². The molecule has 1 aromatic carbocycles. The third kappa shape index (κ3) is 2.93. The number of piperidine rings is 1. The average molecular weight is 287 g/mol. The molecular weight excluding hydrogens is 267 g/mol. The van der Waals surface area contributed by atoms with Crippen molar-refractivity contribution in [3.05, 3.63) is 27.7 Å². The zero-order chi connectivity index (χ0) is 13.1. The van der Waals surface area contributed by atoms with Crippen molar-refractivity contribution in [3.8, 4) is 0 Å². The van der Waals surface area contributed by atoms with Gasteiger partial charge in [-0.3, -0.25) is 0 Å². The fourth-order valence-corrected chi connectivity index (χ4v) is 3.18. The molecule has 1 unspecified atom stereocenters. The molecule has 0 spiro atoms. The molecule has 2 nitrogen and oxygen atoms in total. The summed E-state index contributed by atoms with van der Waals surface area (Å²) in [4.78, 5) is 2.31. The summed E-state index contributed by atoms with van der Waals surface area (Å²) < 4.78 is 0. The Morgan fingerprint density at radius 2 is 2.17 bits per heavy atom. The highest BCUT2D eigenvalue weighted by Crippen LogP contribution is 2.37. The molecule has 0 amide bonds. The van der Waals surface area contributed by atoms with Gasteiger partial charge in [-0.15, -0.1) is 0 Å². The molecule has 0 bridgehead atoms. The SMILES string of the molecule is CCNC1CCCN(c2c(Cl)ccc(C)c2Cl)C1. The van der Waals surface area contributed by atoms with Gasteiger partial charge in [0, 0.05) is 19.1 Å². The van der Waals surface area contributed by atoms with E-state index in [9.17, 15) is 0 Å². The summed E-state index contributed by atoms with van der Waals surface area (Å²) in [7, 11) is 0. The third-order valence-corrected chi connectivity index (χ3v) is 4.27. The van der Waals surface area contributed by atoms with Gasteiger partial charge in [0.15, 0.2) is 0 Å². The van der Waals surface area contributed by atoms with Gasteiger partial charge in [0.1, 0.15) is 0 Å². The summed E-state index contributed by atoms with van der Waals surface area (Å²) in [5.41, 5.74) is 2.09. The smallest absolute Gasteiger partial charge is 0.0748 e. The van der Waals surface area contributed by atoms with Gasteiger partial charge in [-0.05, 0) is 37.9 Å². The molecular formula is C14H20Cl2N2. The maximum atomic E-state index is 6.41. The van der Waals surface area contributed by atoms with E-state index in [-0.39, 0.29) is 0 Å². The zero-order valence-corrected chi connectivity index (χ0v) is 12.5. The molecule has 1 atom stereocenters. The number of rotatable bonds is 3. The molecule has 18 heavy (non-hydrogen) atoms. The van der Waals surface area contributed by atoms with E-state index in [1.54, 1.807) is 0 Å². The number of hydrogen-bond acceptors (Lipinski definition) is 2. The van der Waals surface area contributed by atoms with E-state index in [0.29, 0.717) is 6.04 Å². The Balaban J connectivity index is 2.23. The average Bonchev–Trinajstić information content (AvgIpc) is 2.35. The monoisotopic (exact) mass is 286 g/mol. The Kier molecular flexibility index (Phi) is 4.77. The van der Waals surface area contributed by atoms with E-state index in [0.717, 1.165) is 40.9 Å². The molecule has 1 aromatic rings. The Morgan fingerprint density at radius 3 is 2.89 bits per heavy atom. The van der Waals surface area contributed by atoms with Gasteiger partial charge in [0.2, 0.25) is 0 Å². The topological polar surface area (TPSA) is 15.3 Å². The van der Waals surface area contributed by atoms with Crippen LogP contribution in [0.15, 0.2) is 12.1 Å². The summed E-state index contributed by atoms with van der Waals surface area (Å²) in [6, 6.07) is 4.45. The van der Waals surface area contributed by atoms with Gasteiger partial charge in [0.25, 0.3) is 0 Å². The molecule has 1 saturated heterocycles. The Labute approximate surface area is 119 Å². The van der Waals surface area contributed by atoms with E-state index >= 15 is 0 Å². The number of nitrogens with zero attached hydrogens (tertiary/aromatic N) is 1. The van der Waals surface area contributed by atoms with Crippen LogP contribution in [0.1, 0.15) is 25.3 Å². The van der Waals surface area contributed by atoms with Crippen molar-refractivity contribution < 1.29 is 0 Å². The number of likely N-dealkylation sites (N-methyl/N-ethyl adjacent to an activating group) is 1. The molecule has 0 aliphatic carbocycles. The van der Waals surface area contributed by atoms with Crippen LogP contribution in [0.4, 0.5) is 5.69 Å². The molecule has 0 aromatic heterocycles. The largest absolute Gasteiger partial charge is 0.368 e. The predicted octanol–water partition coefficient (Wildman–Crippen LogP) is 3.88. The summed E-state index contributed by atoms with van der Waals surface area (Å²) in [5, 5.41) is 5.05. The second-order valence-corrected chi connectivity index (χ2v) is 5.65. The summed E-state index contributed by atoms with van der Waals surface area (Å²) >= 11 is 12.7. The summed E-state index contributed by atoms with van der Waals surface area (Å²) in [6.45, 7) is 7.19. The lowest BCUT2D eigenvalue weighted by Gasteiger charge is -2.36. The molecule has 1 fully saturated rings. The summed E-state index contributed by atoms with van der Waals surface area (Å²) in [6.07, 6.45) is 2.41. The standard InChI is InChI=1S/C14H20Cl2N2/c1-3-17-11-5-4-8-18(9-11)14-12(15)7-6-10(2)13(14)16/h6-7,11,17H,3-5,8-9H2,1-2H3. The Hall–Kier alpha value is -0.440. The van der Waals surface area contributed by atoms with Gasteiger partial charge in [-0.1, -0.05) is 36.2 Å². The van der Waals surface area contributed by atoms with Crippen LogP contribution in [-0.2, 0) is 0 Å². The number of anilines is 1. The second-order valence-electron chi connectivity index (χ2n) is 4.87. The Morgan fingerprint density at radius 1 is 1.39 bits per heavy atom. The van der Waals surface area contributed by atoms with Crippen molar-refractivity contribution in [1.29, 1.82) is 0 Å². The highest BCUT2D eigenvalue weighted by molar-refractivity contribution is 6.39. The fourth-order valence-electron chi connectivity index (χ4n) is 2.57. The number of halogens is 2. The fraction of sp³-hybridized carbons (Fsp3) is 0.571. The van der Waals surface area contributed by atoms with Crippen LogP contribution >= 0.6 is 23.2 Å². The van der Waals surface area contributed by atoms with Gasteiger partial charge in [-0.2, -0.15) is 0 Å². The molecule has 1 aliphatic heterocycles. The van der Waals surface area contributed by atoms with Gasteiger partial charge < -0.3 is 10.2 Å². The van der Waals surface area contributed by atoms with Crippen molar-refractivity contribution in [3.63, 3.8) is 0 Å². The maximum Gasteiger partial charge on any atom is 0.0748 e. The molecule has 100 valence electrons. The van der Waals surface area contributed by atoms with Crippen molar-refractivity contribution in [2.45, 2.75) is 32.7 Å². The van der Waals surface area contributed by atoms with Gasteiger partial charge >= 0.3 is 0 Å². The quantitative estimate of drug-likeness (QED) is 0.907. The first-order chi connectivity index (χ1) is 8.63. The molecule has 0 radical (unpaired) electrons. The van der Waals surface area contributed by atoms with E-state index in [1.165, 1.54) is 12.8 Å². The number of hydrogen-bond donors (Lipinski definition) is 1. The minimum absolute atomic E-state index is 0.538. The predicted molar refractivity (Wildman–Crippen MR) is 80.1 cm³/mol. The summed E-state index contributed by atoms with van der Waals surface area (Å²) in [5.74, 6) is 0. The highest BCUT2D eigenvalue weighted by Gasteiger charge is 2.23. The van der Waals surface area contributed by atoms with Gasteiger partial charge in [-0.25, -0.2) is 0 Å². The van der Waals surface area contributed by atoms with Crippen LogP contribution in [0.5, 0.6) is 0 Å². The van der Waals surface area contributed by atoms with Crippen molar-refractivity contribution >= 4 is 28.9 Å². The van der Waals surface area contributed by atoms with Crippen molar-refractivity contribution in [1.82, 2.24) is 5.32 Å². The molecule has 1 aliphatic rings. The second kappa shape index (κ2) is 6.14. The zero-order valence-electron chi connectivity index (χ0n) is 11.0. The van der Waals surface area contributed by atoms with Gasteiger partial charge in [0.05, 0.1) is 15.7 Å². The highest BCUT2D eigenvalue weighted by atomic mass is 35.5. The third-order valence-electron chi connectivity index (χ3n) is 3.49. The normalized spacial score (nSPS) is 20.2. The number of benzene rings is 1. The molecule has 1 N–H and O–H groups in total.